The van der Waals surface area contributed by atoms with Crippen molar-refractivity contribution < 1.29 is 0 Å². The molecule has 0 saturated heterocycles. The van der Waals surface area contributed by atoms with Gasteiger partial charge >= 0.3 is 0 Å². The summed E-state index contributed by atoms with van der Waals surface area (Å²) in [5.41, 5.74) is 0. The largest absolute Gasteiger partial charge is 0.135 e. The summed E-state index contributed by atoms with van der Waals surface area (Å²) >= 11 is 1.85. The van der Waals surface area contributed by atoms with Crippen LogP contribution in [0.5, 0.6) is 0 Å². The van der Waals surface area contributed by atoms with E-state index in [1.807, 2.05) is 11.8 Å². The van der Waals surface area contributed by atoms with Crippen molar-refractivity contribution in [3.8, 4) is 0 Å². The van der Waals surface area contributed by atoms with Gasteiger partial charge < -0.3 is 0 Å². The van der Waals surface area contributed by atoms with Gasteiger partial charge in [-0.1, -0.05) is 19.9 Å². The van der Waals surface area contributed by atoms with Crippen LogP contribution in [0.4, 0.5) is 0 Å². The quantitative estimate of drug-likeness (QED) is 0.546. The van der Waals surface area contributed by atoms with Gasteiger partial charge in [-0.05, 0) is 17.6 Å². The fourth-order valence-electron chi connectivity index (χ4n) is 0.260. The van der Waals surface area contributed by atoms with Gasteiger partial charge in [-0.3, -0.25) is 0 Å². The Kier molecular flexibility index (Phi) is 6.17. The summed E-state index contributed by atoms with van der Waals surface area (Å²) in [4.78, 5) is 0. The van der Waals surface area contributed by atoms with Crippen LogP contribution >= 0.6 is 11.8 Å². The Labute approximate surface area is 50.0 Å². The Bertz CT molecular complexity index is 48.1. The van der Waals surface area contributed by atoms with Crippen LogP contribution in [-0.2, 0) is 0 Å². The number of rotatable bonds is 3. The van der Waals surface area contributed by atoms with Gasteiger partial charge in [0.25, 0.3) is 0 Å². The molecule has 42 valence electrons. The summed E-state index contributed by atoms with van der Waals surface area (Å²) in [6.45, 7) is 4.30. The van der Waals surface area contributed by atoms with Crippen molar-refractivity contribution in [2.24, 2.45) is 0 Å². The fraction of sp³-hybridized carbons (Fsp3) is 0.667. The summed E-state index contributed by atoms with van der Waals surface area (Å²) in [5, 5.41) is 2.15. The minimum atomic E-state index is 1.16. The molecular weight excluding hydrogens is 104 g/mol. The zero-order chi connectivity index (χ0) is 5.54. The van der Waals surface area contributed by atoms with Crippen LogP contribution in [0.1, 0.15) is 20.3 Å². The Morgan fingerprint density at radius 3 is 2.57 bits per heavy atom. The highest BCUT2D eigenvalue weighted by molar-refractivity contribution is 8.02. The first-order valence-corrected chi connectivity index (χ1v) is 3.73. The predicted octanol–water partition coefficient (Wildman–Crippen LogP) is 2.66. The third kappa shape index (κ3) is 6.09. The van der Waals surface area contributed by atoms with Crippen molar-refractivity contribution in [2.75, 3.05) is 5.75 Å². The van der Waals surface area contributed by atoms with E-state index in [0.717, 1.165) is 6.42 Å². The molecule has 0 bridgehead atoms. The molecule has 0 N–H and O–H groups in total. The second kappa shape index (κ2) is 6.09. The van der Waals surface area contributed by atoms with E-state index in [1.165, 1.54) is 5.75 Å². The molecule has 0 aromatic carbocycles. The van der Waals surface area contributed by atoms with E-state index in [-0.39, 0.29) is 0 Å². The van der Waals surface area contributed by atoms with Gasteiger partial charge in [-0.2, -0.15) is 0 Å². The van der Waals surface area contributed by atoms with Crippen molar-refractivity contribution in [2.45, 2.75) is 20.3 Å². The molecule has 0 heterocycles. The molecule has 0 saturated carbocycles. The molecule has 0 nitrogen and oxygen atoms in total. The highest BCUT2D eigenvalue weighted by atomic mass is 32.2. The van der Waals surface area contributed by atoms with E-state index in [9.17, 15) is 0 Å². The van der Waals surface area contributed by atoms with Gasteiger partial charge in [0.05, 0.1) is 0 Å². The summed E-state index contributed by atoms with van der Waals surface area (Å²) < 4.78 is 0. The molecule has 1 heteroatoms. The van der Waals surface area contributed by atoms with Crippen molar-refractivity contribution >= 4 is 11.8 Å². The maximum atomic E-state index is 2.17. The van der Waals surface area contributed by atoms with Crippen molar-refractivity contribution in [3.05, 3.63) is 11.5 Å². The molecule has 0 amide bonds. The van der Waals surface area contributed by atoms with Crippen LogP contribution in [-0.4, -0.2) is 5.75 Å². The number of hydrogen-bond donors (Lipinski definition) is 0. The summed E-state index contributed by atoms with van der Waals surface area (Å²) in [6, 6.07) is 0. The van der Waals surface area contributed by atoms with E-state index >= 15 is 0 Å². The predicted molar refractivity (Wildman–Crippen MR) is 37.6 cm³/mol. The molecule has 0 atom stereocenters. The Balaban J connectivity index is 2.78. The van der Waals surface area contributed by atoms with Crippen LogP contribution in [0, 0.1) is 0 Å². The van der Waals surface area contributed by atoms with Gasteiger partial charge in [-0.25, -0.2) is 0 Å². The van der Waals surface area contributed by atoms with Gasteiger partial charge in [0.15, 0.2) is 0 Å². The third-order valence-corrected chi connectivity index (χ3v) is 1.31. The lowest BCUT2D eigenvalue weighted by Gasteiger charge is -1.80. The first kappa shape index (κ1) is 7.09. The number of thioether (sulfide) groups is 1. The fourth-order valence-corrected chi connectivity index (χ4v) is 0.781. The average Bonchev–Trinajstić information content (AvgIpc) is 1.69. The van der Waals surface area contributed by atoms with Crippen molar-refractivity contribution in [1.29, 1.82) is 0 Å². The lowest BCUT2D eigenvalue weighted by atomic mass is 10.5. The second-order valence-electron chi connectivity index (χ2n) is 1.24. The van der Waals surface area contributed by atoms with Gasteiger partial charge in [0.2, 0.25) is 0 Å². The molecule has 0 radical (unpaired) electrons. The van der Waals surface area contributed by atoms with E-state index in [2.05, 4.69) is 25.3 Å². The molecule has 0 fully saturated rings. The molecule has 7 heavy (non-hydrogen) atoms. The minimum Gasteiger partial charge on any atom is -0.135 e. The standard InChI is InChI=1S/C6H12S/c1-3-5-6-7-4-2/h5-6H,3-4H2,1-2H3/b6-5+. The second-order valence-corrected chi connectivity index (χ2v) is 2.42. The molecular formula is C6H12S. The van der Waals surface area contributed by atoms with Gasteiger partial charge in [0, 0.05) is 0 Å². The molecule has 0 unspecified atom stereocenters. The number of allylic oxidation sites excluding steroid dienone is 1. The Hall–Kier alpha value is 0.0900. The molecule has 0 aromatic rings. The minimum absolute atomic E-state index is 1.16. The summed E-state index contributed by atoms with van der Waals surface area (Å²) in [5.74, 6) is 1.19. The molecule has 0 aliphatic rings. The first-order chi connectivity index (χ1) is 3.41. The third-order valence-electron chi connectivity index (χ3n) is 0.595. The van der Waals surface area contributed by atoms with Crippen LogP contribution in [0.15, 0.2) is 11.5 Å². The summed E-state index contributed by atoms with van der Waals surface area (Å²) in [7, 11) is 0. The maximum absolute atomic E-state index is 2.17. The lowest BCUT2D eigenvalue weighted by molar-refractivity contribution is 1.23. The molecule has 0 aliphatic heterocycles. The molecule has 0 aliphatic carbocycles. The zero-order valence-electron chi connectivity index (χ0n) is 4.98. The Morgan fingerprint density at radius 1 is 1.43 bits per heavy atom. The lowest BCUT2D eigenvalue weighted by Crippen LogP contribution is -1.56. The van der Waals surface area contributed by atoms with Crippen LogP contribution in [0.2, 0.25) is 0 Å². The maximum Gasteiger partial charge on any atom is -0.00546 e. The highest BCUT2D eigenvalue weighted by Gasteiger charge is 1.67. The first-order valence-electron chi connectivity index (χ1n) is 2.68. The molecule has 0 spiro atoms. The topological polar surface area (TPSA) is 0 Å². The van der Waals surface area contributed by atoms with E-state index in [4.69, 9.17) is 0 Å². The van der Waals surface area contributed by atoms with Crippen LogP contribution in [0.3, 0.4) is 0 Å². The normalized spacial score (nSPS) is 10.6. The molecule has 0 rings (SSSR count). The average molecular weight is 116 g/mol. The Morgan fingerprint density at radius 2 is 2.14 bits per heavy atom. The zero-order valence-corrected chi connectivity index (χ0v) is 5.79. The molecule has 0 aromatic heterocycles. The van der Waals surface area contributed by atoms with E-state index < -0.39 is 0 Å². The van der Waals surface area contributed by atoms with Gasteiger partial charge in [-0.15, -0.1) is 11.8 Å². The van der Waals surface area contributed by atoms with Gasteiger partial charge in [0.1, 0.15) is 0 Å². The van der Waals surface area contributed by atoms with Crippen LogP contribution in [0.25, 0.3) is 0 Å². The monoisotopic (exact) mass is 116 g/mol. The smallest absolute Gasteiger partial charge is 0.00546 e. The van der Waals surface area contributed by atoms with E-state index in [0.29, 0.717) is 0 Å². The SMILES string of the molecule is CC/C=C/SCC. The summed E-state index contributed by atoms with van der Waals surface area (Å²) in [6.07, 6.45) is 3.33. The van der Waals surface area contributed by atoms with Crippen LogP contribution < -0.4 is 0 Å². The van der Waals surface area contributed by atoms with Crippen molar-refractivity contribution in [3.63, 3.8) is 0 Å². The highest BCUT2D eigenvalue weighted by Crippen LogP contribution is 1.99. The van der Waals surface area contributed by atoms with Crippen molar-refractivity contribution in [1.82, 2.24) is 0 Å². The number of hydrogen-bond acceptors (Lipinski definition) is 1. The van der Waals surface area contributed by atoms with E-state index in [1.54, 1.807) is 0 Å².